The zero-order valence-electron chi connectivity index (χ0n) is 9.11. The van der Waals surface area contributed by atoms with Gasteiger partial charge < -0.3 is 19.5 Å². The van der Waals surface area contributed by atoms with Crippen molar-refractivity contribution in [3.8, 4) is 0 Å². The van der Waals surface area contributed by atoms with Gasteiger partial charge in [-0.2, -0.15) is 0 Å². The van der Waals surface area contributed by atoms with Crippen LogP contribution in [0.1, 0.15) is 12.8 Å². The Labute approximate surface area is 85.8 Å². The number of hydrogen-bond acceptors (Lipinski definition) is 4. The van der Waals surface area contributed by atoms with Crippen molar-refractivity contribution in [2.75, 3.05) is 40.5 Å². The molecule has 1 N–H and O–H groups in total. The molecule has 0 aromatic rings. The highest BCUT2D eigenvalue weighted by molar-refractivity contribution is 4.73. The molecule has 1 unspecified atom stereocenters. The summed E-state index contributed by atoms with van der Waals surface area (Å²) >= 11 is 0. The lowest BCUT2D eigenvalue weighted by atomic mass is 10.1. The lowest BCUT2D eigenvalue weighted by Gasteiger charge is -2.32. The van der Waals surface area contributed by atoms with Crippen LogP contribution in [0.4, 0.5) is 0 Å². The molecule has 0 aromatic heterocycles. The quantitative estimate of drug-likeness (QED) is 0.688. The van der Waals surface area contributed by atoms with Gasteiger partial charge in [-0.25, -0.2) is 0 Å². The van der Waals surface area contributed by atoms with Crippen LogP contribution in [0.25, 0.3) is 0 Å². The van der Waals surface area contributed by atoms with Crippen LogP contribution in [0.15, 0.2) is 0 Å². The second-order valence-corrected chi connectivity index (χ2v) is 3.89. The van der Waals surface area contributed by atoms with Crippen LogP contribution < -0.4 is 0 Å². The first-order chi connectivity index (χ1) is 6.74. The van der Waals surface area contributed by atoms with E-state index in [1.807, 2.05) is 0 Å². The molecule has 0 saturated carbocycles. The van der Waals surface area contributed by atoms with Crippen molar-refractivity contribution in [3.63, 3.8) is 0 Å². The molecule has 0 radical (unpaired) electrons. The monoisotopic (exact) mass is 203 g/mol. The van der Waals surface area contributed by atoms with E-state index in [1.165, 1.54) is 0 Å². The molecule has 0 spiro atoms. The average molecular weight is 203 g/mol. The minimum Gasteiger partial charge on any atom is -0.389 e. The van der Waals surface area contributed by atoms with E-state index in [9.17, 15) is 5.11 Å². The van der Waals surface area contributed by atoms with E-state index in [0.29, 0.717) is 19.2 Å². The first-order valence-corrected chi connectivity index (χ1v) is 5.19. The Hall–Kier alpha value is -0.160. The predicted octanol–water partition coefficient (Wildman–Crippen LogP) is 0.104. The number of likely N-dealkylation sites (N-methyl/N-ethyl adjacent to an activating group) is 1. The molecular formula is C10H21NO3. The average Bonchev–Trinajstić information content (AvgIpc) is 2.19. The van der Waals surface area contributed by atoms with E-state index in [0.717, 1.165) is 26.1 Å². The van der Waals surface area contributed by atoms with Crippen LogP contribution in [-0.4, -0.2) is 62.7 Å². The van der Waals surface area contributed by atoms with E-state index in [1.54, 1.807) is 7.11 Å². The van der Waals surface area contributed by atoms with Crippen LogP contribution in [0.3, 0.4) is 0 Å². The summed E-state index contributed by atoms with van der Waals surface area (Å²) in [4.78, 5) is 2.20. The van der Waals surface area contributed by atoms with Gasteiger partial charge in [0.2, 0.25) is 0 Å². The van der Waals surface area contributed by atoms with Crippen LogP contribution in [0, 0.1) is 0 Å². The molecule has 0 amide bonds. The van der Waals surface area contributed by atoms with Crippen molar-refractivity contribution in [2.45, 2.75) is 25.0 Å². The van der Waals surface area contributed by atoms with E-state index >= 15 is 0 Å². The molecule has 1 aliphatic rings. The first kappa shape index (κ1) is 11.9. The fourth-order valence-electron chi connectivity index (χ4n) is 1.85. The molecule has 1 heterocycles. The van der Waals surface area contributed by atoms with Crippen molar-refractivity contribution in [1.82, 2.24) is 4.90 Å². The number of aliphatic hydroxyl groups is 1. The second kappa shape index (κ2) is 6.35. The topological polar surface area (TPSA) is 41.9 Å². The number of nitrogens with zero attached hydrogens (tertiary/aromatic N) is 1. The third-order valence-corrected chi connectivity index (χ3v) is 2.67. The third kappa shape index (κ3) is 3.92. The summed E-state index contributed by atoms with van der Waals surface area (Å²) in [6, 6.07) is 0.551. The maximum absolute atomic E-state index is 9.55. The summed E-state index contributed by atoms with van der Waals surface area (Å²) in [5.41, 5.74) is 0. The number of ether oxygens (including phenoxy) is 2. The Morgan fingerprint density at radius 3 is 2.71 bits per heavy atom. The fraction of sp³-hybridized carbons (Fsp3) is 1.00. The number of methoxy groups -OCH3 is 1. The molecule has 4 heteroatoms. The minimum atomic E-state index is -0.382. The van der Waals surface area contributed by atoms with E-state index in [-0.39, 0.29) is 6.10 Å². The van der Waals surface area contributed by atoms with Crippen LogP contribution in [0.2, 0.25) is 0 Å². The van der Waals surface area contributed by atoms with Gasteiger partial charge in [0, 0.05) is 32.9 Å². The molecule has 14 heavy (non-hydrogen) atoms. The summed E-state index contributed by atoms with van der Waals surface area (Å²) in [5, 5.41) is 9.55. The van der Waals surface area contributed by atoms with Gasteiger partial charge in [-0.15, -0.1) is 0 Å². The Morgan fingerprint density at radius 2 is 2.14 bits per heavy atom. The van der Waals surface area contributed by atoms with Gasteiger partial charge in [0.1, 0.15) is 0 Å². The minimum absolute atomic E-state index is 0.382. The van der Waals surface area contributed by atoms with Gasteiger partial charge in [0.15, 0.2) is 0 Å². The largest absolute Gasteiger partial charge is 0.389 e. The Bertz CT molecular complexity index is 148. The van der Waals surface area contributed by atoms with Crippen molar-refractivity contribution in [1.29, 1.82) is 0 Å². The fourth-order valence-corrected chi connectivity index (χ4v) is 1.85. The van der Waals surface area contributed by atoms with Crippen molar-refractivity contribution in [3.05, 3.63) is 0 Å². The number of hydrogen-bond donors (Lipinski definition) is 1. The molecule has 4 nitrogen and oxygen atoms in total. The van der Waals surface area contributed by atoms with Crippen LogP contribution in [-0.2, 0) is 9.47 Å². The van der Waals surface area contributed by atoms with Crippen molar-refractivity contribution >= 4 is 0 Å². The molecule has 0 aromatic carbocycles. The predicted molar refractivity (Wildman–Crippen MR) is 54.4 cm³/mol. The van der Waals surface area contributed by atoms with E-state index < -0.39 is 0 Å². The maximum atomic E-state index is 9.55. The molecule has 1 atom stereocenters. The highest BCUT2D eigenvalue weighted by Gasteiger charge is 2.20. The molecular weight excluding hydrogens is 182 g/mol. The third-order valence-electron chi connectivity index (χ3n) is 2.67. The van der Waals surface area contributed by atoms with Crippen LogP contribution >= 0.6 is 0 Å². The molecule has 84 valence electrons. The van der Waals surface area contributed by atoms with Gasteiger partial charge in [-0.3, -0.25) is 0 Å². The van der Waals surface area contributed by atoms with Gasteiger partial charge in [-0.05, 0) is 19.9 Å². The van der Waals surface area contributed by atoms with E-state index in [4.69, 9.17) is 9.47 Å². The van der Waals surface area contributed by atoms with Gasteiger partial charge in [0.25, 0.3) is 0 Å². The zero-order chi connectivity index (χ0) is 10.4. The smallest absolute Gasteiger partial charge is 0.0900 e. The number of rotatable bonds is 5. The standard InChI is InChI=1S/C10H21NO3/c1-11(7-10(12)8-13-2)9-3-5-14-6-4-9/h9-10,12H,3-8H2,1-2H3. The molecule has 1 rings (SSSR count). The maximum Gasteiger partial charge on any atom is 0.0900 e. The first-order valence-electron chi connectivity index (χ1n) is 5.19. The highest BCUT2D eigenvalue weighted by Crippen LogP contribution is 2.12. The second-order valence-electron chi connectivity index (χ2n) is 3.89. The SMILES string of the molecule is COCC(O)CN(C)C1CCOCC1. The van der Waals surface area contributed by atoms with Crippen molar-refractivity contribution < 1.29 is 14.6 Å². The van der Waals surface area contributed by atoms with Crippen LogP contribution in [0.5, 0.6) is 0 Å². The lowest BCUT2D eigenvalue weighted by Crippen LogP contribution is -2.41. The Balaban J connectivity index is 2.21. The summed E-state index contributed by atoms with van der Waals surface area (Å²) in [6.07, 6.45) is 1.75. The summed E-state index contributed by atoms with van der Waals surface area (Å²) in [7, 11) is 3.66. The van der Waals surface area contributed by atoms with E-state index in [2.05, 4.69) is 11.9 Å². The number of aliphatic hydroxyl groups excluding tert-OH is 1. The lowest BCUT2D eigenvalue weighted by molar-refractivity contribution is 0.00519. The zero-order valence-corrected chi connectivity index (χ0v) is 9.11. The summed E-state index contributed by atoms with van der Waals surface area (Å²) in [5.74, 6) is 0. The Kier molecular flexibility index (Phi) is 5.40. The van der Waals surface area contributed by atoms with Crippen molar-refractivity contribution in [2.24, 2.45) is 0 Å². The summed E-state index contributed by atoms with van der Waals surface area (Å²) < 4.78 is 10.2. The molecule has 1 aliphatic heterocycles. The Morgan fingerprint density at radius 1 is 1.50 bits per heavy atom. The van der Waals surface area contributed by atoms with Gasteiger partial charge >= 0.3 is 0 Å². The summed E-state index contributed by atoms with van der Waals surface area (Å²) in [6.45, 7) is 2.77. The van der Waals surface area contributed by atoms with Gasteiger partial charge in [-0.1, -0.05) is 0 Å². The molecule has 0 bridgehead atoms. The molecule has 0 aliphatic carbocycles. The normalized spacial score (nSPS) is 21.4. The molecule has 1 saturated heterocycles. The molecule has 1 fully saturated rings. The van der Waals surface area contributed by atoms with Gasteiger partial charge in [0.05, 0.1) is 12.7 Å². The highest BCUT2D eigenvalue weighted by atomic mass is 16.5.